The molecule has 1 saturated heterocycles. The van der Waals surface area contributed by atoms with Crippen LogP contribution in [-0.4, -0.2) is 22.7 Å². The monoisotopic (exact) mass is 348 g/mol. The molecule has 0 saturated carbocycles. The summed E-state index contributed by atoms with van der Waals surface area (Å²) < 4.78 is 5.40. The van der Waals surface area contributed by atoms with E-state index in [1.165, 1.54) is 0 Å². The molecule has 0 unspecified atom stereocenters. The Morgan fingerprint density at radius 1 is 1.22 bits per heavy atom. The number of carbonyl (C=O) groups is 2. The molecular weight excluding hydrogens is 336 g/mol. The number of furan rings is 1. The number of rotatable bonds is 4. The summed E-state index contributed by atoms with van der Waals surface area (Å²) in [6.45, 7) is 1.92. The van der Waals surface area contributed by atoms with Crippen LogP contribution in [0.25, 0.3) is 6.08 Å². The van der Waals surface area contributed by atoms with Crippen LogP contribution in [-0.2, 0) is 4.79 Å². The summed E-state index contributed by atoms with van der Waals surface area (Å²) in [5.41, 5.74) is 0.777. The number of hydrogen-bond donors (Lipinski definition) is 1. The van der Waals surface area contributed by atoms with Crippen LogP contribution in [0.4, 0.5) is 10.5 Å². The first-order chi connectivity index (χ1) is 11.0. The predicted octanol–water partition coefficient (Wildman–Crippen LogP) is 4.35. The molecule has 0 spiro atoms. The number of hydrogen-bond acceptors (Lipinski definition) is 5. The molecule has 1 aliphatic heterocycles. The molecule has 1 fully saturated rings. The Labute approximate surface area is 142 Å². The van der Waals surface area contributed by atoms with Gasteiger partial charge in [-0.1, -0.05) is 11.6 Å². The zero-order valence-electron chi connectivity index (χ0n) is 12.2. The number of nitrogens with zero attached hydrogens (tertiary/aromatic N) is 1. The Hall–Kier alpha value is -2.18. The summed E-state index contributed by atoms with van der Waals surface area (Å²) in [6, 6.07) is 10.6. The lowest BCUT2D eigenvalue weighted by atomic mass is 10.3. The predicted molar refractivity (Wildman–Crippen MR) is 91.2 cm³/mol. The number of thioether (sulfide) groups is 1. The highest BCUT2D eigenvalue weighted by Gasteiger charge is 2.35. The minimum absolute atomic E-state index is 0.0980. The second kappa shape index (κ2) is 6.52. The van der Waals surface area contributed by atoms with Crippen LogP contribution in [0.3, 0.4) is 0 Å². The van der Waals surface area contributed by atoms with E-state index in [1.807, 2.05) is 6.92 Å². The van der Waals surface area contributed by atoms with Crippen molar-refractivity contribution >= 4 is 46.3 Å². The van der Waals surface area contributed by atoms with E-state index in [4.69, 9.17) is 16.0 Å². The maximum absolute atomic E-state index is 12.3. The highest BCUT2D eigenvalue weighted by Crippen LogP contribution is 2.32. The van der Waals surface area contributed by atoms with Gasteiger partial charge in [-0.3, -0.25) is 14.5 Å². The van der Waals surface area contributed by atoms with Gasteiger partial charge in [-0.05, 0) is 55.1 Å². The SMILES string of the molecule is Cc1ccc(/C=C2/SC(=O)N(CNc3ccc(Cl)cc3)C2=O)o1. The number of anilines is 1. The van der Waals surface area contributed by atoms with Gasteiger partial charge in [-0.25, -0.2) is 0 Å². The first-order valence-electron chi connectivity index (χ1n) is 6.84. The smallest absolute Gasteiger partial charge is 0.295 e. The van der Waals surface area contributed by atoms with Crippen molar-refractivity contribution in [1.82, 2.24) is 4.90 Å². The Morgan fingerprint density at radius 3 is 2.61 bits per heavy atom. The van der Waals surface area contributed by atoms with E-state index < -0.39 is 0 Å². The highest BCUT2D eigenvalue weighted by molar-refractivity contribution is 8.18. The normalized spacial score (nSPS) is 16.4. The fourth-order valence-electron chi connectivity index (χ4n) is 2.03. The maximum atomic E-state index is 12.3. The number of carbonyl (C=O) groups excluding carboxylic acids is 2. The zero-order chi connectivity index (χ0) is 16.4. The summed E-state index contributed by atoms with van der Waals surface area (Å²) in [7, 11) is 0. The molecule has 1 N–H and O–H groups in total. The molecule has 2 heterocycles. The molecular formula is C16H13ClN2O3S. The third kappa shape index (κ3) is 3.60. The van der Waals surface area contributed by atoms with Gasteiger partial charge in [-0.15, -0.1) is 0 Å². The molecule has 0 aliphatic carbocycles. The number of aryl methyl sites for hydroxylation is 1. The topological polar surface area (TPSA) is 62.6 Å². The van der Waals surface area contributed by atoms with Crippen LogP contribution in [0.1, 0.15) is 11.5 Å². The zero-order valence-corrected chi connectivity index (χ0v) is 13.8. The maximum Gasteiger partial charge on any atom is 0.295 e. The van der Waals surface area contributed by atoms with Gasteiger partial charge < -0.3 is 9.73 Å². The second-order valence-corrected chi connectivity index (χ2v) is 6.33. The van der Waals surface area contributed by atoms with Crippen molar-refractivity contribution in [2.45, 2.75) is 6.92 Å². The van der Waals surface area contributed by atoms with Crippen LogP contribution < -0.4 is 5.32 Å². The van der Waals surface area contributed by atoms with E-state index in [9.17, 15) is 9.59 Å². The fraction of sp³-hybridized carbons (Fsp3) is 0.125. The van der Waals surface area contributed by atoms with Gasteiger partial charge >= 0.3 is 0 Å². The van der Waals surface area contributed by atoms with Gasteiger partial charge in [0.1, 0.15) is 11.5 Å². The molecule has 2 amide bonds. The summed E-state index contributed by atoms with van der Waals surface area (Å²) in [6.07, 6.45) is 1.58. The van der Waals surface area contributed by atoms with E-state index >= 15 is 0 Å². The van der Waals surface area contributed by atoms with Crippen molar-refractivity contribution in [2.75, 3.05) is 12.0 Å². The molecule has 0 bridgehead atoms. The van der Waals surface area contributed by atoms with Crippen molar-refractivity contribution in [2.24, 2.45) is 0 Å². The lowest BCUT2D eigenvalue weighted by Gasteiger charge is -2.14. The van der Waals surface area contributed by atoms with Crippen molar-refractivity contribution in [3.8, 4) is 0 Å². The third-order valence-electron chi connectivity index (χ3n) is 3.19. The van der Waals surface area contributed by atoms with E-state index in [0.717, 1.165) is 28.1 Å². The number of amides is 2. The molecule has 0 atom stereocenters. The Kier molecular flexibility index (Phi) is 4.45. The number of nitrogens with one attached hydrogen (secondary N) is 1. The van der Waals surface area contributed by atoms with Gasteiger partial charge in [0.25, 0.3) is 11.1 Å². The fourth-order valence-corrected chi connectivity index (χ4v) is 2.98. The number of benzene rings is 1. The lowest BCUT2D eigenvalue weighted by molar-refractivity contribution is -0.122. The van der Waals surface area contributed by atoms with Crippen molar-refractivity contribution in [3.63, 3.8) is 0 Å². The van der Waals surface area contributed by atoms with Crippen LogP contribution >= 0.6 is 23.4 Å². The van der Waals surface area contributed by atoms with E-state index in [-0.39, 0.29) is 17.8 Å². The quantitative estimate of drug-likeness (QED) is 0.832. The average Bonchev–Trinajstić information content (AvgIpc) is 3.04. The highest BCUT2D eigenvalue weighted by atomic mass is 35.5. The van der Waals surface area contributed by atoms with Gasteiger partial charge in [0, 0.05) is 16.8 Å². The van der Waals surface area contributed by atoms with Gasteiger partial charge in [0.05, 0.1) is 11.6 Å². The Bertz CT molecular complexity index is 783. The van der Waals surface area contributed by atoms with Crippen LogP contribution in [0.2, 0.25) is 5.02 Å². The van der Waals surface area contributed by atoms with Crippen LogP contribution in [0.15, 0.2) is 45.7 Å². The first-order valence-corrected chi connectivity index (χ1v) is 8.03. The Morgan fingerprint density at radius 2 is 1.96 bits per heavy atom. The van der Waals surface area contributed by atoms with E-state index in [0.29, 0.717) is 15.7 Å². The number of imide groups is 1. The standard InChI is InChI=1S/C16H13ClN2O3S/c1-10-2-7-13(22-10)8-14-15(20)19(16(21)23-14)9-18-12-5-3-11(17)4-6-12/h2-8,18H,9H2,1H3/b14-8+. The third-order valence-corrected chi connectivity index (χ3v) is 4.35. The van der Waals surface area contributed by atoms with E-state index in [2.05, 4.69) is 5.32 Å². The van der Waals surface area contributed by atoms with Crippen LogP contribution in [0, 0.1) is 6.92 Å². The summed E-state index contributed by atoms with van der Waals surface area (Å²) in [4.78, 5) is 25.8. The summed E-state index contributed by atoms with van der Waals surface area (Å²) in [5.74, 6) is 0.967. The van der Waals surface area contributed by atoms with Gasteiger partial charge in [0.2, 0.25) is 0 Å². The first kappa shape index (κ1) is 15.7. The largest absolute Gasteiger partial charge is 0.462 e. The average molecular weight is 349 g/mol. The molecule has 23 heavy (non-hydrogen) atoms. The molecule has 3 rings (SSSR count). The van der Waals surface area contributed by atoms with Gasteiger partial charge in [-0.2, -0.15) is 0 Å². The molecule has 1 aromatic heterocycles. The van der Waals surface area contributed by atoms with Crippen LogP contribution in [0.5, 0.6) is 0 Å². The minimum Gasteiger partial charge on any atom is -0.462 e. The van der Waals surface area contributed by atoms with E-state index in [1.54, 1.807) is 42.5 Å². The molecule has 7 heteroatoms. The van der Waals surface area contributed by atoms with Crippen molar-refractivity contribution in [3.05, 3.63) is 57.8 Å². The molecule has 1 aliphatic rings. The lowest BCUT2D eigenvalue weighted by Crippen LogP contribution is -2.33. The Balaban J connectivity index is 1.69. The molecule has 2 aromatic rings. The summed E-state index contributed by atoms with van der Waals surface area (Å²) >= 11 is 6.72. The van der Waals surface area contributed by atoms with Crippen molar-refractivity contribution < 1.29 is 14.0 Å². The molecule has 1 aromatic carbocycles. The number of halogens is 1. The van der Waals surface area contributed by atoms with Gasteiger partial charge in [0.15, 0.2) is 0 Å². The molecule has 5 nitrogen and oxygen atoms in total. The minimum atomic E-state index is -0.337. The molecule has 0 radical (unpaired) electrons. The van der Waals surface area contributed by atoms with Crippen molar-refractivity contribution in [1.29, 1.82) is 0 Å². The second-order valence-electron chi connectivity index (χ2n) is 4.90. The molecule has 118 valence electrons. The summed E-state index contributed by atoms with van der Waals surface area (Å²) in [5, 5.41) is 3.33.